The van der Waals surface area contributed by atoms with Crippen LogP contribution in [0.3, 0.4) is 0 Å². The lowest BCUT2D eigenvalue weighted by molar-refractivity contribution is 0.500. The molecule has 1 unspecified atom stereocenters. The summed E-state index contributed by atoms with van der Waals surface area (Å²) in [5.74, 6) is -0.359. The Bertz CT molecular complexity index is 344. The number of nitrogens with one attached hydrogen (secondary N) is 2. The Morgan fingerprint density at radius 2 is 2.18 bits per heavy atom. The van der Waals surface area contributed by atoms with E-state index in [2.05, 4.69) is 24.5 Å². The molecule has 4 heteroatoms. The summed E-state index contributed by atoms with van der Waals surface area (Å²) in [6.45, 7) is 6.74. The monoisotopic (exact) mass is 258 g/mol. The van der Waals surface area contributed by atoms with Crippen LogP contribution in [0.4, 0.5) is 4.39 Å². The minimum atomic E-state index is -0.359. The summed E-state index contributed by atoms with van der Waals surface area (Å²) >= 11 is 5.87. The van der Waals surface area contributed by atoms with Gasteiger partial charge in [0, 0.05) is 19.1 Å². The first-order valence-electron chi connectivity index (χ1n) is 6.02. The predicted octanol–water partition coefficient (Wildman–Crippen LogP) is 2.96. The zero-order chi connectivity index (χ0) is 12.7. The van der Waals surface area contributed by atoms with Gasteiger partial charge in [-0.25, -0.2) is 4.39 Å². The van der Waals surface area contributed by atoms with Gasteiger partial charge < -0.3 is 10.6 Å². The zero-order valence-electron chi connectivity index (χ0n) is 10.4. The lowest BCUT2D eigenvalue weighted by atomic mass is 10.2. The van der Waals surface area contributed by atoms with Gasteiger partial charge in [-0.2, -0.15) is 0 Å². The number of hydrogen-bond acceptors (Lipinski definition) is 2. The van der Waals surface area contributed by atoms with E-state index in [1.165, 1.54) is 6.07 Å². The molecule has 0 aliphatic rings. The Kier molecular flexibility index (Phi) is 6.48. The summed E-state index contributed by atoms with van der Waals surface area (Å²) in [6, 6.07) is 5.22. The van der Waals surface area contributed by atoms with Gasteiger partial charge in [-0.15, -0.1) is 0 Å². The number of hydrogen-bond donors (Lipinski definition) is 2. The quantitative estimate of drug-likeness (QED) is 0.735. The van der Waals surface area contributed by atoms with Crippen LogP contribution in [-0.4, -0.2) is 19.1 Å². The summed E-state index contributed by atoms with van der Waals surface area (Å²) in [6.07, 6.45) is 1.13. The van der Waals surface area contributed by atoms with E-state index in [1.54, 1.807) is 6.07 Å². The highest BCUT2D eigenvalue weighted by atomic mass is 35.5. The van der Waals surface area contributed by atoms with E-state index in [4.69, 9.17) is 11.6 Å². The Hall–Kier alpha value is -0.640. The van der Waals surface area contributed by atoms with Crippen molar-refractivity contribution in [3.05, 3.63) is 34.6 Å². The molecular weight excluding hydrogens is 239 g/mol. The van der Waals surface area contributed by atoms with Crippen LogP contribution >= 0.6 is 11.6 Å². The Labute approximate surface area is 108 Å². The molecule has 0 saturated carbocycles. The molecule has 0 amide bonds. The molecule has 0 heterocycles. The predicted molar refractivity (Wildman–Crippen MR) is 70.9 cm³/mol. The average molecular weight is 259 g/mol. The molecule has 96 valence electrons. The Morgan fingerprint density at radius 3 is 2.88 bits per heavy atom. The minimum Gasteiger partial charge on any atom is -0.315 e. The molecule has 1 aromatic carbocycles. The Balaban J connectivity index is 2.37. The largest absolute Gasteiger partial charge is 0.315 e. The Morgan fingerprint density at radius 1 is 1.41 bits per heavy atom. The highest BCUT2D eigenvalue weighted by Gasteiger charge is 2.06. The SMILES string of the molecule is CCCNCC(C)NCc1cccc(F)c1Cl. The second-order valence-electron chi connectivity index (χ2n) is 4.20. The number of halogens is 2. The number of benzene rings is 1. The molecule has 1 rings (SSSR count). The normalized spacial score (nSPS) is 12.7. The standard InChI is InChI=1S/C13H20ClFN2/c1-3-7-16-8-10(2)17-9-11-5-4-6-12(15)13(11)14/h4-6,10,16-17H,3,7-9H2,1-2H3. The van der Waals surface area contributed by atoms with Crippen molar-refractivity contribution in [3.8, 4) is 0 Å². The molecule has 0 aromatic heterocycles. The van der Waals surface area contributed by atoms with Gasteiger partial charge in [-0.1, -0.05) is 30.7 Å². The lowest BCUT2D eigenvalue weighted by Crippen LogP contribution is -2.36. The molecule has 2 nitrogen and oxygen atoms in total. The van der Waals surface area contributed by atoms with Crippen molar-refractivity contribution in [1.82, 2.24) is 10.6 Å². The average Bonchev–Trinajstić information content (AvgIpc) is 2.31. The van der Waals surface area contributed by atoms with E-state index in [1.807, 2.05) is 6.07 Å². The third-order valence-corrected chi connectivity index (χ3v) is 2.97. The summed E-state index contributed by atoms with van der Waals surface area (Å²) in [4.78, 5) is 0. The van der Waals surface area contributed by atoms with Crippen LogP contribution in [0.25, 0.3) is 0 Å². The molecule has 0 aliphatic heterocycles. The van der Waals surface area contributed by atoms with Crippen LogP contribution < -0.4 is 10.6 Å². The van der Waals surface area contributed by atoms with Crippen molar-refractivity contribution in [2.24, 2.45) is 0 Å². The maximum Gasteiger partial charge on any atom is 0.142 e. The highest BCUT2D eigenvalue weighted by molar-refractivity contribution is 6.31. The van der Waals surface area contributed by atoms with E-state index < -0.39 is 0 Å². The van der Waals surface area contributed by atoms with Gasteiger partial charge >= 0.3 is 0 Å². The van der Waals surface area contributed by atoms with Crippen LogP contribution in [0.5, 0.6) is 0 Å². The van der Waals surface area contributed by atoms with Crippen molar-refractivity contribution < 1.29 is 4.39 Å². The molecule has 2 N–H and O–H groups in total. The molecule has 1 aromatic rings. The van der Waals surface area contributed by atoms with E-state index in [0.29, 0.717) is 12.6 Å². The maximum atomic E-state index is 13.2. The second-order valence-corrected chi connectivity index (χ2v) is 4.58. The van der Waals surface area contributed by atoms with E-state index >= 15 is 0 Å². The van der Waals surface area contributed by atoms with Gasteiger partial charge in [0.1, 0.15) is 5.82 Å². The van der Waals surface area contributed by atoms with E-state index in [0.717, 1.165) is 25.1 Å². The first kappa shape index (κ1) is 14.4. The van der Waals surface area contributed by atoms with E-state index in [-0.39, 0.29) is 10.8 Å². The molecule has 1 atom stereocenters. The highest BCUT2D eigenvalue weighted by Crippen LogP contribution is 2.19. The van der Waals surface area contributed by atoms with Gasteiger partial charge in [0.2, 0.25) is 0 Å². The van der Waals surface area contributed by atoms with Gasteiger partial charge in [0.15, 0.2) is 0 Å². The van der Waals surface area contributed by atoms with Crippen LogP contribution in [0, 0.1) is 5.82 Å². The summed E-state index contributed by atoms with van der Waals surface area (Å²) in [7, 11) is 0. The second kappa shape index (κ2) is 7.64. The first-order valence-corrected chi connectivity index (χ1v) is 6.40. The van der Waals surface area contributed by atoms with Crippen molar-refractivity contribution in [3.63, 3.8) is 0 Å². The van der Waals surface area contributed by atoms with Crippen LogP contribution in [0.1, 0.15) is 25.8 Å². The van der Waals surface area contributed by atoms with Crippen molar-refractivity contribution >= 4 is 11.6 Å². The van der Waals surface area contributed by atoms with Crippen molar-refractivity contribution in [2.45, 2.75) is 32.9 Å². The molecule has 0 bridgehead atoms. The van der Waals surface area contributed by atoms with Crippen LogP contribution in [-0.2, 0) is 6.54 Å². The molecule has 0 saturated heterocycles. The smallest absolute Gasteiger partial charge is 0.142 e. The molecule has 0 aliphatic carbocycles. The lowest BCUT2D eigenvalue weighted by Gasteiger charge is -2.15. The third kappa shape index (κ3) is 5.02. The van der Waals surface area contributed by atoms with Gasteiger partial charge in [0.05, 0.1) is 5.02 Å². The summed E-state index contributed by atoms with van der Waals surface area (Å²) in [5.41, 5.74) is 0.800. The van der Waals surface area contributed by atoms with Gasteiger partial charge in [0.25, 0.3) is 0 Å². The van der Waals surface area contributed by atoms with Crippen molar-refractivity contribution in [1.29, 1.82) is 0 Å². The van der Waals surface area contributed by atoms with Gasteiger partial charge in [-0.05, 0) is 31.5 Å². The minimum absolute atomic E-state index is 0.216. The maximum absolute atomic E-state index is 13.2. The zero-order valence-corrected chi connectivity index (χ0v) is 11.1. The summed E-state index contributed by atoms with van der Waals surface area (Å²) < 4.78 is 13.2. The fraction of sp³-hybridized carbons (Fsp3) is 0.538. The van der Waals surface area contributed by atoms with Crippen LogP contribution in [0.15, 0.2) is 18.2 Å². The van der Waals surface area contributed by atoms with Gasteiger partial charge in [-0.3, -0.25) is 0 Å². The number of rotatable bonds is 7. The first-order chi connectivity index (χ1) is 8.15. The third-order valence-electron chi connectivity index (χ3n) is 2.55. The van der Waals surface area contributed by atoms with Crippen molar-refractivity contribution in [2.75, 3.05) is 13.1 Å². The fourth-order valence-electron chi connectivity index (χ4n) is 1.54. The molecule has 0 fully saturated rings. The topological polar surface area (TPSA) is 24.1 Å². The van der Waals surface area contributed by atoms with Crippen LogP contribution in [0.2, 0.25) is 5.02 Å². The molecular formula is C13H20ClFN2. The summed E-state index contributed by atoms with van der Waals surface area (Å²) in [5, 5.41) is 6.86. The molecule has 17 heavy (non-hydrogen) atoms. The molecule has 0 spiro atoms. The molecule has 0 radical (unpaired) electrons. The fourth-order valence-corrected chi connectivity index (χ4v) is 1.73. The van der Waals surface area contributed by atoms with E-state index in [9.17, 15) is 4.39 Å².